The van der Waals surface area contributed by atoms with Crippen LogP contribution in [0.3, 0.4) is 0 Å². The van der Waals surface area contributed by atoms with Gasteiger partial charge in [0.1, 0.15) is 17.1 Å². The number of nitrogens with zero attached hydrogens (tertiary/aromatic N) is 4. The van der Waals surface area contributed by atoms with Crippen LogP contribution in [-0.2, 0) is 4.79 Å². The molecule has 0 aromatic carbocycles. The van der Waals surface area contributed by atoms with E-state index in [1.807, 2.05) is 0 Å². The van der Waals surface area contributed by atoms with Crippen LogP contribution in [0.4, 0.5) is 17.3 Å². The molecule has 1 saturated heterocycles. The summed E-state index contributed by atoms with van der Waals surface area (Å²) in [6.45, 7) is 0.512. The third kappa shape index (κ3) is 4.59. The van der Waals surface area contributed by atoms with Crippen LogP contribution in [0.5, 0.6) is 0 Å². The number of carbonyl (C=O) groups is 2. The highest BCUT2D eigenvalue weighted by Gasteiger charge is 2.56. The molecule has 1 saturated carbocycles. The molecule has 0 radical (unpaired) electrons. The van der Waals surface area contributed by atoms with E-state index in [0.717, 1.165) is 12.8 Å². The molecule has 0 unspecified atom stereocenters. The Hall–Kier alpha value is -2.60. The highest BCUT2D eigenvalue weighted by Crippen LogP contribution is 2.51. The van der Waals surface area contributed by atoms with Crippen LogP contribution in [-0.4, -0.2) is 33.5 Å². The second-order valence-corrected chi connectivity index (χ2v) is 6.83. The van der Waals surface area contributed by atoms with Gasteiger partial charge in [0, 0.05) is 30.7 Å². The summed E-state index contributed by atoms with van der Waals surface area (Å²) in [6, 6.07) is 8.74. The average molecular weight is 473 g/mol. The monoisotopic (exact) mass is 471 g/mol. The molecular weight excluding hydrogens is 453 g/mol. The summed E-state index contributed by atoms with van der Waals surface area (Å²) < 4.78 is 0. The van der Waals surface area contributed by atoms with Gasteiger partial charge in [-0.3, -0.25) is 4.79 Å². The van der Waals surface area contributed by atoms with Crippen LogP contribution in [0.1, 0.15) is 29.6 Å². The van der Waals surface area contributed by atoms with Gasteiger partial charge in [-0.1, -0.05) is 0 Å². The van der Waals surface area contributed by atoms with Gasteiger partial charge < -0.3 is 15.3 Å². The number of carboxylic acid groups (broad SMARTS) is 1. The molecular formula is C19H20Cl3N5O3. The molecule has 2 fully saturated rings. The Kier molecular flexibility index (Phi) is 8.43. The van der Waals surface area contributed by atoms with Crippen LogP contribution in [0, 0.1) is 22.7 Å². The molecule has 1 amide bonds. The van der Waals surface area contributed by atoms with Crippen molar-refractivity contribution in [2.24, 2.45) is 11.3 Å². The first-order valence-electron chi connectivity index (χ1n) is 8.69. The fourth-order valence-electron chi connectivity index (χ4n) is 3.51. The van der Waals surface area contributed by atoms with Gasteiger partial charge in [-0.15, -0.1) is 37.2 Å². The smallest absolute Gasteiger partial charge is 0.337 e. The largest absolute Gasteiger partial charge is 0.478 e. The van der Waals surface area contributed by atoms with E-state index in [2.05, 4.69) is 21.4 Å². The summed E-state index contributed by atoms with van der Waals surface area (Å²) >= 11 is 0. The number of pyridine rings is 2. The SMILES string of the molecule is Cl.Cl.Cl.N#C[C@@]1(C2CC2)CCN(c2ccnc(Nc3ccc(C(=O)O)cn3)c2)C1=O. The lowest BCUT2D eigenvalue weighted by molar-refractivity contribution is -0.123. The van der Waals surface area contributed by atoms with Crippen molar-refractivity contribution in [2.75, 3.05) is 16.8 Å². The standard InChI is InChI=1S/C19H17N5O3.3ClH/c20-11-19(13-2-3-13)6-8-24(18(19)27)14-5-7-21-16(9-14)23-15-4-1-12(10-22-15)17(25)26;;;/h1,4-5,7,9-10,13H,2-3,6,8H2,(H,25,26)(H,21,22,23);3*1H/t19-;;;/m1.../s1. The van der Waals surface area contributed by atoms with Crippen LogP contribution in [0.2, 0.25) is 0 Å². The zero-order chi connectivity index (χ0) is 19.0. The number of carbonyl (C=O) groups excluding carboxylic acids is 1. The topological polar surface area (TPSA) is 119 Å². The maximum atomic E-state index is 12.9. The van der Waals surface area contributed by atoms with Gasteiger partial charge in [-0.25, -0.2) is 14.8 Å². The van der Waals surface area contributed by atoms with Crippen molar-refractivity contribution in [3.8, 4) is 6.07 Å². The number of carboxylic acids is 1. The molecule has 2 aromatic rings. The summed E-state index contributed by atoms with van der Waals surface area (Å²) in [5.74, 6) is -0.0677. The minimum atomic E-state index is -1.04. The van der Waals surface area contributed by atoms with E-state index in [0.29, 0.717) is 30.3 Å². The Labute approximate surface area is 191 Å². The van der Waals surface area contributed by atoms with Crippen molar-refractivity contribution in [3.63, 3.8) is 0 Å². The van der Waals surface area contributed by atoms with Crippen molar-refractivity contribution >= 4 is 66.4 Å². The highest BCUT2D eigenvalue weighted by atomic mass is 35.5. The lowest BCUT2D eigenvalue weighted by atomic mass is 9.83. The number of nitriles is 1. The third-order valence-electron chi connectivity index (χ3n) is 5.15. The van der Waals surface area contributed by atoms with E-state index in [-0.39, 0.29) is 54.6 Å². The van der Waals surface area contributed by atoms with Gasteiger partial charge in [-0.2, -0.15) is 5.26 Å². The molecule has 2 N–H and O–H groups in total. The number of anilines is 3. The highest BCUT2D eigenvalue weighted by molar-refractivity contribution is 6.02. The molecule has 8 nitrogen and oxygen atoms in total. The Bertz CT molecular complexity index is 963. The lowest BCUT2D eigenvalue weighted by Crippen LogP contribution is -2.35. The molecule has 2 aromatic heterocycles. The summed E-state index contributed by atoms with van der Waals surface area (Å²) in [5, 5.41) is 21.5. The molecule has 0 bridgehead atoms. The fourth-order valence-corrected chi connectivity index (χ4v) is 3.51. The summed E-state index contributed by atoms with van der Waals surface area (Å²) in [4.78, 5) is 33.7. The van der Waals surface area contributed by atoms with Crippen LogP contribution < -0.4 is 10.2 Å². The van der Waals surface area contributed by atoms with Crippen LogP contribution in [0.25, 0.3) is 0 Å². The summed E-state index contributed by atoms with van der Waals surface area (Å²) in [6.07, 6.45) is 5.27. The maximum absolute atomic E-state index is 12.9. The zero-order valence-electron chi connectivity index (χ0n) is 15.6. The normalized spacial score (nSPS) is 19.6. The van der Waals surface area contributed by atoms with E-state index in [4.69, 9.17) is 5.11 Å². The predicted octanol–water partition coefficient (Wildman–Crippen LogP) is 3.84. The van der Waals surface area contributed by atoms with E-state index in [1.54, 1.807) is 29.3 Å². The van der Waals surface area contributed by atoms with Crippen molar-refractivity contribution in [2.45, 2.75) is 19.3 Å². The van der Waals surface area contributed by atoms with Gasteiger partial charge in [0.25, 0.3) is 0 Å². The van der Waals surface area contributed by atoms with Gasteiger partial charge in [-0.05, 0) is 43.4 Å². The molecule has 30 heavy (non-hydrogen) atoms. The number of aromatic nitrogens is 2. The van der Waals surface area contributed by atoms with Gasteiger partial charge in [0.05, 0.1) is 11.6 Å². The van der Waals surface area contributed by atoms with Gasteiger partial charge in [0.15, 0.2) is 0 Å². The van der Waals surface area contributed by atoms with Gasteiger partial charge >= 0.3 is 5.97 Å². The molecule has 1 aliphatic carbocycles. The van der Waals surface area contributed by atoms with Crippen molar-refractivity contribution in [3.05, 3.63) is 42.2 Å². The average Bonchev–Trinajstić information content (AvgIpc) is 3.47. The predicted molar refractivity (Wildman–Crippen MR) is 118 cm³/mol. The Morgan fingerprint density at radius 2 is 1.93 bits per heavy atom. The van der Waals surface area contributed by atoms with Crippen LogP contribution in [0.15, 0.2) is 36.7 Å². The Balaban J connectivity index is 0.00000150. The van der Waals surface area contributed by atoms with Crippen molar-refractivity contribution in [1.29, 1.82) is 5.26 Å². The third-order valence-corrected chi connectivity index (χ3v) is 5.15. The molecule has 1 aliphatic heterocycles. The quantitative estimate of drug-likeness (QED) is 0.678. The molecule has 4 rings (SSSR count). The number of rotatable bonds is 5. The van der Waals surface area contributed by atoms with E-state index in [9.17, 15) is 14.9 Å². The van der Waals surface area contributed by atoms with E-state index >= 15 is 0 Å². The first-order valence-corrected chi connectivity index (χ1v) is 8.69. The van der Waals surface area contributed by atoms with Crippen molar-refractivity contribution in [1.82, 2.24) is 9.97 Å². The fraction of sp³-hybridized carbons (Fsp3) is 0.316. The number of amides is 1. The number of aromatic carboxylic acids is 1. The van der Waals surface area contributed by atoms with Crippen LogP contribution >= 0.6 is 37.2 Å². The summed E-state index contributed by atoms with van der Waals surface area (Å²) in [5.41, 5.74) is -0.110. The number of nitrogens with one attached hydrogen (secondary N) is 1. The molecule has 11 heteroatoms. The first kappa shape index (κ1) is 25.4. The maximum Gasteiger partial charge on any atom is 0.337 e. The minimum absolute atomic E-state index is 0. The molecule has 0 spiro atoms. The number of hydrogen-bond donors (Lipinski definition) is 2. The van der Waals surface area contributed by atoms with Gasteiger partial charge in [0.2, 0.25) is 5.91 Å². The Morgan fingerprint density at radius 3 is 2.50 bits per heavy atom. The van der Waals surface area contributed by atoms with E-state index in [1.165, 1.54) is 12.3 Å². The molecule has 160 valence electrons. The van der Waals surface area contributed by atoms with E-state index < -0.39 is 11.4 Å². The second kappa shape index (κ2) is 9.94. The summed E-state index contributed by atoms with van der Waals surface area (Å²) in [7, 11) is 0. The number of halogens is 3. The van der Waals surface area contributed by atoms with Crippen molar-refractivity contribution < 1.29 is 14.7 Å². The number of hydrogen-bond acceptors (Lipinski definition) is 6. The lowest BCUT2D eigenvalue weighted by Gasteiger charge is -2.21. The molecule has 3 heterocycles. The molecule has 2 aliphatic rings. The molecule has 1 atom stereocenters. The first-order chi connectivity index (χ1) is 13.0. The zero-order valence-corrected chi connectivity index (χ0v) is 18.1. The Morgan fingerprint density at radius 1 is 1.20 bits per heavy atom. The minimum Gasteiger partial charge on any atom is -0.478 e. The second-order valence-electron chi connectivity index (χ2n) is 6.83.